The Morgan fingerprint density at radius 2 is 1.93 bits per heavy atom. The third-order valence-electron chi connectivity index (χ3n) is 2.22. The molecule has 0 aromatic heterocycles. The normalized spacial score (nSPS) is 9.86. The maximum absolute atomic E-state index is 10.7. The molecule has 0 atom stereocenters. The van der Waals surface area contributed by atoms with Crippen molar-refractivity contribution in [3.63, 3.8) is 0 Å². The molecule has 0 spiro atoms. The highest BCUT2D eigenvalue weighted by Gasteiger charge is 2.08. The molecule has 74 valence electrons. The molecule has 0 radical (unpaired) electrons. The van der Waals surface area contributed by atoms with E-state index in [2.05, 4.69) is 0 Å². The van der Waals surface area contributed by atoms with E-state index in [4.69, 9.17) is 5.11 Å². The molecular weight excluding hydrogens is 180 g/mol. The van der Waals surface area contributed by atoms with Gasteiger partial charge in [-0.15, -0.1) is 0 Å². The van der Waals surface area contributed by atoms with Crippen LogP contribution >= 0.6 is 0 Å². The molecule has 1 rings (SSSR count). The van der Waals surface area contributed by atoms with E-state index in [1.54, 1.807) is 12.1 Å². The van der Waals surface area contributed by atoms with Crippen LogP contribution in [0.25, 0.3) is 0 Å². The van der Waals surface area contributed by atoms with Crippen molar-refractivity contribution in [3.05, 3.63) is 34.4 Å². The Morgan fingerprint density at radius 1 is 1.36 bits per heavy atom. The number of carbonyl (C=O) groups is 2. The number of hydrogen-bond acceptors (Lipinski definition) is 2. The number of carbonyl (C=O) groups excluding carboxylic acids is 1. The lowest BCUT2D eigenvalue weighted by Gasteiger charge is -2.06. The highest BCUT2D eigenvalue weighted by molar-refractivity contribution is 5.81. The molecule has 1 aromatic carbocycles. The molecule has 0 amide bonds. The Bertz CT molecular complexity index is 380. The minimum absolute atomic E-state index is 0.102. The van der Waals surface area contributed by atoms with Crippen molar-refractivity contribution in [1.29, 1.82) is 0 Å². The first-order valence-electron chi connectivity index (χ1n) is 4.31. The fraction of sp³-hybridized carbons (Fsp3) is 0.273. The lowest BCUT2D eigenvalue weighted by Crippen LogP contribution is -2.04. The van der Waals surface area contributed by atoms with Crippen LogP contribution in [0, 0.1) is 13.8 Å². The van der Waals surface area contributed by atoms with Crippen LogP contribution in [0.1, 0.15) is 27.0 Å². The van der Waals surface area contributed by atoms with Crippen LogP contribution in [0.5, 0.6) is 0 Å². The average Bonchev–Trinajstić information content (AvgIpc) is 2.10. The molecule has 3 nitrogen and oxygen atoms in total. The maximum atomic E-state index is 10.7. The molecule has 0 bridgehead atoms. The summed E-state index contributed by atoms with van der Waals surface area (Å²) in [4.78, 5) is 21.2. The first-order valence-corrected chi connectivity index (χ1v) is 4.31. The number of aliphatic carboxylic acids is 1. The minimum atomic E-state index is -0.920. The lowest BCUT2D eigenvalue weighted by molar-refractivity contribution is -0.136. The lowest BCUT2D eigenvalue weighted by atomic mass is 9.99. The molecule has 0 unspecified atom stereocenters. The van der Waals surface area contributed by atoms with Gasteiger partial charge in [-0.1, -0.05) is 6.07 Å². The van der Waals surface area contributed by atoms with E-state index in [9.17, 15) is 9.59 Å². The van der Waals surface area contributed by atoms with Gasteiger partial charge in [-0.2, -0.15) is 0 Å². The van der Waals surface area contributed by atoms with Crippen molar-refractivity contribution >= 4 is 12.3 Å². The Hall–Kier alpha value is -1.64. The van der Waals surface area contributed by atoms with Crippen molar-refractivity contribution in [2.45, 2.75) is 20.3 Å². The second-order valence-electron chi connectivity index (χ2n) is 3.32. The topological polar surface area (TPSA) is 54.4 Å². The number of benzene rings is 1. The molecule has 0 aliphatic rings. The molecule has 1 N–H and O–H groups in total. The van der Waals surface area contributed by atoms with E-state index in [0.717, 1.165) is 11.1 Å². The van der Waals surface area contributed by atoms with E-state index in [1.807, 2.05) is 13.8 Å². The zero-order valence-corrected chi connectivity index (χ0v) is 8.20. The molecule has 0 fully saturated rings. The van der Waals surface area contributed by atoms with Crippen LogP contribution in [0.3, 0.4) is 0 Å². The quantitative estimate of drug-likeness (QED) is 0.742. The maximum Gasteiger partial charge on any atom is 0.307 e. The van der Waals surface area contributed by atoms with Gasteiger partial charge < -0.3 is 5.11 Å². The summed E-state index contributed by atoms with van der Waals surface area (Å²) in [5.41, 5.74) is 3.05. The van der Waals surface area contributed by atoms with Crippen molar-refractivity contribution < 1.29 is 14.7 Å². The van der Waals surface area contributed by atoms with Crippen LogP contribution in [-0.4, -0.2) is 17.4 Å². The van der Waals surface area contributed by atoms with Crippen LogP contribution in [0.2, 0.25) is 0 Å². The van der Waals surface area contributed by atoms with Crippen molar-refractivity contribution in [1.82, 2.24) is 0 Å². The second-order valence-corrected chi connectivity index (χ2v) is 3.32. The number of hydrogen-bond donors (Lipinski definition) is 1. The minimum Gasteiger partial charge on any atom is -0.481 e. The first kappa shape index (κ1) is 10.4. The smallest absolute Gasteiger partial charge is 0.307 e. The summed E-state index contributed by atoms with van der Waals surface area (Å²) < 4.78 is 0. The van der Waals surface area contributed by atoms with Crippen LogP contribution < -0.4 is 0 Å². The Morgan fingerprint density at radius 3 is 2.43 bits per heavy atom. The van der Waals surface area contributed by atoms with Gasteiger partial charge in [0.15, 0.2) is 0 Å². The number of rotatable bonds is 3. The van der Waals surface area contributed by atoms with E-state index in [-0.39, 0.29) is 6.42 Å². The molecule has 0 aliphatic carbocycles. The van der Waals surface area contributed by atoms with Gasteiger partial charge >= 0.3 is 5.97 Å². The first-order chi connectivity index (χ1) is 6.54. The van der Waals surface area contributed by atoms with E-state index >= 15 is 0 Å². The third-order valence-corrected chi connectivity index (χ3v) is 2.22. The van der Waals surface area contributed by atoms with Gasteiger partial charge in [0.1, 0.15) is 6.29 Å². The van der Waals surface area contributed by atoms with Crippen molar-refractivity contribution in [2.75, 3.05) is 0 Å². The Labute approximate surface area is 82.4 Å². The van der Waals surface area contributed by atoms with Crippen LogP contribution in [0.4, 0.5) is 0 Å². The van der Waals surface area contributed by atoms with Gasteiger partial charge in [0.05, 0.1) is 6.42 Å². The van der Waals surface area contributed by atoms with Gasteiger partial charge in [0, 0.05) is 5.56 Å². The molecule has 14 heavy (non-hydrogen) atoms. The molecule has 1 aromatic rings. The zero-order chi connectivity index (χ0) is 10.7. The summed E-state index contributed by atoms with van der Waals surface area (Å²) in [6, 6.07) is 3.48. The van der Waals surface area contributed by atoms with E-state index < -0.39 is 5.97 Å². The monoisotopic (exact) mass is 192 g/mol. The van der Waals surface area contributed by atoms with E-state index in [1.165, 1.54) is 0 Å². The molecule has 0 saturated carbocycles. The Kier molecular flexibility index (Phi) is 3.02. The summed E-state index contributed by atoms with van der Waals surface area (Å²) >= 11 is 0. The fourth-order valence-corrected chi connectivity index (χ4v) is 1.32. The van der Waals surface area contributed by atoms with Crippen LogP contribution in [0.15, 0.2) is 12.1 Å². The largest absolute Gasteiger partial charge is 0.481 e. The number of carboxylic acid groups (broad SMARTS) is 1. The van der Waals surface area contributed by atoms with Gasteiger partial charge in [-0.25, -0.2) is 0 Å². The summed E-state index contributed by atoms with van der Waals surface area (Å²) in [6.07, 6.45) is 0.597. The molecule has 0 aliphatic heterocycles. The third kappa shape index (κ3) is 2.19. The molecular formula is C11H12O3. The fourth-order valence-electron chi connectivity index (χ4n) is 1.32. The second kappa shape index (κ2) is 4.05. The molecule has 3 heteroatoms. The van der Waals surface area contributed by atoms with Crippen molar-refractivity contribution in [3.8, 4) is 0 Å². The van der Waals surface area contributed by atoms with Gasteiger partial charge in [-0.05, 0) is 36.6 Å². The molecule has 0 heterocycles. The highest BCUT2D eigenvalue weighted by Crippen LogP contribution is 2.15. The van der Waals surface area contributed by atoms with Crippen molar-refractivity contribution in [2.24, 2.45) is 0 Å². The zero-order valence-electron chi connectivity index (χ0n) is 8.20. The predicted molar refractivity (Wildman–Crippen MR) is 52.6 cm³/mol. The average molecular weight is 192 g/mol. The summed E-state index contributed by atoms with van der Waals surface area (Å²) in [7, 11) is 0. The van der Waals surface area contributed by atoms with Crippen LogP contribution in [-0.2, 0) is 11.2 Å². The summed E-state index contributed by atoms with van der Waals surface area (Å²) in [5, 5.41) is 8.63. The number of carboxylic acids is 1. The van der Waals surface area contributed by atoms with Gasteiger partial charge in [0.2, 0.25) is 0 Å². The SMILES string of the molecule is Cc1cc(C=O)c(CC(=O)O)cc1C. The van der Waals surface area contributed by atoms with E-state index in [0.29, 0.717) is 17.4 Å². The highest BCUT2D eigenvalue weighted by atomic mass is 16.4. The number of aryl methyl sites for hydroxylation is 2. The van der Waals surface area contributed by atoms with Gasteiger partial charge in [0.25, 0.3) is 0 Å². The molecule has 0 saturated heterocycles. The number of aldehydes is 1. The van der Waals surface area contributed by atoms with Gasteiger partial charge in [-0.3, -0.25) is 9.59 Å². The predicted octanol–water partition coefficient (Wildman–Crippen LogP) is 1.74. The standard InChI is InChI=1S/C11H12O3/c1-7-3-9(5-11(13)14)10(6-12)4-8(7)2/h3-4,6H,5H2,1-2H3,(H,13,14). The Balaban J connectivity index is 3.19. The summed E-state index contributed by atoms with van der Waals surface area (Å²) in [6.45, 7) is 3.79. The summed E-state index contributed by atoms with van der Waals surface area (Å²) in [5.74, 6) is -0.920.